The van der Waals surface area contributed by atoms with Crippen LogP contribution in [0.3, 0.4) is 0 Å². The molecule has 2 unspecified atom stereocenters. The Balaban J connectivity index is 2.46. The molecule has 0 saturated carbocycles. The van der Waals surface area contributed by atoms with Crippen LogP contribution in [0.2, 0.25) is 0 Å². The standard InChI is InChI=1S/C10H15N3O3S/c1-6(9-11-3-4-17-9)12-5-8(10(15)16)13-7(2)14/h3-4,6,8,12H,5H2,1-2H3,(H,13,14)(H,15,16). The minimum absolute atomic E-state index is 0.0365. The minimum atomic E-state index is -1.06. The summed E-state index contributed by atoms with van der Waals surface area (Å²) >= 11 is 1.50. The van der Waals surface area contributed by atoms with E-state index in [1.165, 1.54) is 18.3 Å². The Labute approximate surface area is 103 Å². The largest absolute Gasteiger partial charge is 0.480 e. The average Bonchev–Trinajstić information content (AvgIpc) is 2.76. The fourth-order valence-electron chi connectivity index (χ4n) is 1.28. The summed E-state index contributed by atoms with van der Waals surface area (Å²) in [6, 6.07) is -0.958. The molecule has 1 rings (SSSR count). The van der Waals surface area contributed by atoms with Crippen LogP contribution in [0.15, 0.2) is 11.6 Å². The predicted octanol–water partition coefficient (Wildman–Crippen LogP) is 0.383. The lowest BCUT2D eigenvalue weighted by Gasteiger charge is -2.17. The van der Waals surface area contributed by atoms with E-state index in [0.717, 1.165) is 5.01 Å². The number of aliphatic carboxylic acids is 1. The molecule has 0 bridgehead atoms. The van der Waals surface area contributed by atoms with E-state index in [0.29, 0.717) is 0 Å². The molecule has 7 heteroatoms. The first-order valence-corrected chi connectivity index (χ1v) is 6.01. The van der Waals surface area contributed by atoms with Gasteiger partial charge in [0, 0.05) is 25.0 Å². The lowest BCUT2D eigenvalue weighted by molar-refractivity contribution is -0.141. The van der Waals surface area contributed by atoms with Crippen LogP contribution in [0.5, 0.6) is 0 Å². The Hall–Kier alpha value is -1.47. The van der Waals surface area contributed by atoms with Gasteiger partial charge in [0.25, 0.3) is 0 Å². The minimum Gasteiger partial charge on any atom is -0.480 e. The molecule has 1 heterocycles. The summed E-state index contributed by atoms with van der Waals surface area (Å²) in [6.07, 6.45) is 1.70. The lowest BCUT2D eigenvalue weighted by Crippen LogP contribution is -2.46. The van der Waals surface area contributed by atoms with Crippen molar-refractivity contribution in [2.24, 2.45) is 0 Å². The number of rotatable bonds is 6. The molecule has 17 heavy (non-hydrogen) atoms. The number of carboxylic acid groups (broad SMARTS) is 1. The number of carbonyl (C=O) groups excluding carboxylic acids is 1. The van der Waals surface area contributed by atoms with E-state index in [-0.39, 0.29) is 18.5 Å². The fourth-order valence-corrected chi connectivity index (χ4v) is 1.95. The van der Waals surface area contributed by atoms with Crippen LogP contribution < -0.4 is 10.6 Å². The molecular formula is C10H15N3O3S. The van der Waals surface area contributed by atoms with Gasteiger partial charge in [0.05, 0.1) is 6.04 Å². The van der Waals surface area contributed by atoms with Gasteiger partial charge in [-0.1, -0.05) is 0 Å². The number of carboxylic acids is 1. The molecule has 6 nitrogen and oxygen atoms in total. The zero-order valence-electron chi connectivity index (χ0n) is 9.64. The molecule has 0 saturated heterocycles. The van der Waals surface area contributed by atoms with Gasteiger partial charge in [-0.15, -0.1) is 11.3 Å². The van der Waals surface area contributed by atoms with Gasteiger partial charge in [-0.25, -0.2) is 9.78 Å². The topological polar surface area (TPSA) is 91.3 Å². The number of hydrogen-bond donors (Lipinski definition) is 3. The molecule has 0 aliphatic carbocycles. The second-order valence-electron chi connectivity index (χ2n) is 3.59. The van der Waals surface area contributed by atoms with E-state index in [9.17, 15) is 9.59 Å². The monoisotopic (exact) mass is 257 g/mol. The normalized spacial score (nSPS) is 14.0. The number of hydrogen-bond acceptors (Lipinski definition) is 5. The smallest absolute Gasteiger partial charge is 0.327 e. The van der Waals surface area contributed by atoms with Crippen LogP contribution in [0, 0.1) is 0 Å². The summed E-state index contributed by atoms with van der Waals surface area (Å²) in [4.78, 5) is 25.8. The first-order valence-electron chi connectivity index (χ1n) is 5.13. The molecule has 2 atom stereocenters. The van der Waals surface area contributed by atoms with E-state index in [1.54, 1.807) is 6.20 Å². The molecule has 0 fully saturated rings. The van der Waals surface area contributed by atoms with Crippen LogP contribution in [-0.2, 0) is 9.59 Å². The zero-order chi connectivity index (χ0) is 12.8. The van der Waals surface area contributed by atoms with Crippen molar-refractivity contribution >= 4 is 23.2 Å². The van der Waals surface area contributed by atoms with E-state index >= 15 is 0 Å². The second-order valence-corrected chi connectivity index (χ2v) is 4.52. The molecule has 0 spiro atoms. The number of carbonyl (C=O) groups is 2. The zero-order valence-corrected chi connectivity index (χ0v) is 10.5. The Kier molecular flexibility index (Phi) is 5.05. The molecule has 0 aromatic carbocycles. The van der Waals surface area contributed by atoms with Gasteiger partial charge >= 0.3 is 5.97 Å². The third kappa shape index (κ3) is 4.49. The summed E-state index contributed by atoms with van der Waals surface area (Å²) in [5, 5.41) is 17.0. The summed E-state index contributed by atoms with van der Waals surface area (Å²) in [6.45, 7) is 3.35. The van der Waals surface area contributed by atoms with Crippen molar-refractivity contribution in [3.05, 3.63) is 16.6 Å². The van der Waals surface area contributed by atoms with Crippen molar-refractivity contribution in [3.8, 4) is 0 Å². The van der Waals surface area contributed by atoms with Crippen LogP contribution in [0.4, 0.5) is 0 Å². The SMILES string of the molecule is CC(=O)NC(CNC(C)c1nccs1)C(=O)O. The molecule has 0 radical (unpaired) electrons. The van der Waals surface area contributed by atoms with Gasteiger partial charge in [0.15, 0.2) is 0 Å². The van der Waals surface area contributed by atoms with Crippen molar-refractivity contribution in [2.75, 3.05) is 6.54 Å². The predicted molar refractivity (Wildman–Crippen MR) is 63.8 cm³/mol. The van der Waals surface area contributed by atoms with Crippen molar-refractivity contribution < 1.29 is 14.7 Å². The van der Waals surface area contributed by atoms with E-state index in [4.69, 9.17) is 5.11 Å². The molecule has 1 aromatic heterocycles. The van der Waals surface area contributed by atoms with Crippen LogP contribution >= 0.6 is 11.3 Å². The Bertz CT molecular complexity index is 380. The Morgan fingerprint density at radius 2 is 2.29 bits per heavy atom. The highest BCUT2D eigenvalue weighted by Crippen LogP contribution is 2.14. The van der Waals surface area contributed by atoms with Gasteiger partial charge in [-0.2, -0.15) is 0 Å². The maximum Gasteiger partial charge on any atom is 0.327 e. The Morgan fingerprint density at radius 3 is 2.76 bits per heavy atom. The quantitative estimate of drug-likeness (QED) is 0.685. The third-order valence-corrected chi connectivity index (χ3v) is 3.08. The number of nitrogens with zero attached hydrogens (tertiary/aromatic N) is 1. The van der Waals surface area contributed by atoms with Crippen molar-refractivity contribution in [3.63, 3.8) is 0 Å². The molecule has 1 aromatic rings. The third-order valence-electron chi connectivity index (χ3n) is 2.13. The number of amides is 1. The van der Waals surface area contributed by atoms with Crippen LogP contribution in [-0.4, -0.2) is 34.6 Å². The second kappa shape index (κ2) is 6.31. The highest BCUT2D eigenvalue weighted by molar-refractivity contribution is 7.09. The van der Waals surface area contributed by atoms with E-state index < -0.39 is 12.0 Å². The summed E-state index contributed by atoms with van der Waals surface area (Å²) in [7, 11) is 0. The maximum atomic E-state index is 10.9. The van der Waals surface area contributed by atoms with Crippen LogP contribution in [0.1, 0.15) is 24.9 Å². The highest BCUT2D eigenvalue weighted by atomic mass is 32.1. The molecule has 0 aliphatic rings. The van der Waals surface area contributed by atoms with E-state index in [2.05, 4.69) is 15.6 Å². The lowest BCUT2D eigenvalue weighted by atomic mass is 10.2. The molecule has 94 valence electrons. The van der Waals surface area contributed by atoms with Gasteiger partial charge in [0.1, 0.15) is 11.0 Å². The van der Waals surface area contributed by atoms with Crippen molar-refractivity contribution in [1.82, 2.24) is 15.6 Å². The van der Waals surface area contributed by atoms with Crippen molar-refractivity contribution in [2.45, 2.75) is 25.9 Å². The van der Waals surface area contributed by atoms with Gasteiger partial charge in [-0.05, 0) is 6.92 Å². The summed E-state index contributed by atoms with van der Waals surface area (Å²) < 4.78 is 0. The summed E-state index contributed by atoms with van der Waals surface area (Å²) in [5.74, 6) is -1.42. The van der Waals surface area contributed by atoms with Gasteiger partial charge in [-0.3, -0.25) is 4.79 Å². The fraction of sp³-hybridized carbons (Fsp3) is 0.500. The average molecular weight is 257 g/mol. The van der Waals surface area contributed by atoms with Crippen molar-refractivity contribution in [1.29, 1.82) is 0 Å². The summed E-state index contributed by atoms with van der Waals surface area (Å²) in [5.41, 5.74) is 0. The number of thiazole rings is 1. The first-order chi connectivity index (χ1) is 8.00. The molecule has 3 N–H and O–H groups in total. The first kappa shape index (κ1) is 13.6. The van der Waals surface area contributed by atoms with Crippen LogP contribution in [0.25, 0.3) is 0 Å². The van der Waals surface area contributed by atoms with E-state index in [1.807, 2.05) is 12.3 Å². The Morgan fingerprint density at radius 1 is 1.59 bits per heavy atom. The number of nitrogens with one attached hydrogen (secondary N) is 2. The molecule has 0 aliphatic heterocycles. The maximum absolute atomic E-state index is 10.9. The molecule has 1 amide bonds. The number of aromatic nitrogens is 1. The highest BCUT2D eigenvalue weighted by Gasteiger charge is 2.19. The molecular weight excluding hydrogens is 242 g/mol. The van der Waals surface area contributed by atoms with Gasteiger partial charge < -0.3 is 15.7 Å². The van der Waals surface area contributed by atoms with Gasteiger partial charge in [0.2, 0.25) is 5.91 Å².